The molecule has 0 fully saturated rings. The van der Waals surface area contributed by atoms with Crippen LogP contribution in [-0.2, 0) is 11.3 Å². The number of methoxy groups -OCH3 is 1. The topological polar surface area (TPSA) is 82.2 Å². The standard InChI is InChI=1S/C25H26Cl2N4O2/c1-25(2,3)29-24(32)22-19(15-33-4)23(17-8-10-18(26)11-9-17)31(30-22)21-12-7-16(6-5-13-28)14-20(21)27/h7-12,14H,13,15,28H2,1-4H3,(H,29,32). The van der Waals surface area contributed by atoms with Crippen molar-refractivity contribution in [2.24, 2.45) is 5.73 Å². The van der Waals surface area contributed by atoms with Gasteiger partial charge in [0.15, 0.2) is 5.69 Å². The van der Waals surface area contributed by atoms with E-state index >= 15 is 0 Å². The highest BCUT2D eigenvalue weighted by atomic mass is 35.5. The summed E-state index contributed by atoms with van der Waals surface area (Å²) in [5.41, 5.74) is 8.78. The van der Waals surface area contributed by atoms with E-state index in [2.05, 4.69) is 22.3 Å². The van der Waals surface area contributed by atoms with Gasteiger partial charge in [0, 0.05) is 34.4 Å². The van der Waals surface area contributed by atoms with Crippen LogP contribution in [0.3, 0.4) is 0 Å². The smallest absolute Gasteiger partial charge is 0.272 e. The molecule has 1 heterocycles. The van der Waals surface area contributed by atoms with Crippen LogP contribution in [0.25, 0.3) is 16.9 Å². The molecular formula is C25H26Cl2N4O2. The number of ether oxygens (including phenoxy) is 1. The molecule has 0 bridgehead atoms. The number of hydrogen-bond acceptors (Lipinski definition) is 4. The molecule has 3 N–H and O–H groups in total. The monoisotopic (exact) mass is 484 g/mol. The van der Waals surface area contributed by atoms with Gasteiger partial charge in [-0.1, -0.05) is 47.2 Å². The van der Waals surface area contributed by atoms with Crippen LogP contribution in [-0.4, -0.2) is 34.9 Å². The Kier molecular flexibility index (Phi) is 7.83. The first kappa shape index (κ1) is 24.8. The summed E-state index contributed by atoms with van der Waals surface area (Å²) in [4.78, 5) is 13.2. The number of carbonyl (C=O) groups excluding carboxylic acids is 1. The van der Waals surface area contributed by atoms with Crippen molar-refractivity contribution in [3.63, 3.8) is 0 Å². The lowest BCUT2D eigenvalue weighted by atomic mass is 10.0. The second kappa shape index (κ2) is 10.4. The molecule has 0 saturated carbocycles. The van der Waals surface area contributed by atoms with Crippen LogP contribution >= 0.6 is 23.2 Å². The Morgan fingerprint density at radius 1 is 1.18 bits per heavy atom. The highest BCUT2D eigenvalue weighted by Gasteiger charge is 2.27. The number of halogens is 2. The Morgan fingerprint density at radius 2 is 1.88 bits per heavy atom. The number of nitrogens with one attached hydrogen (secondary N) is 1. The van der Waals surface area contributed by atoms with Crippen molar-refractivity contribution in [1.82, 2.24) is 15.1 Å². The molecule has 0 aliphatic rings. The number of aromatic nitrogens is 2. The third-order valence-electron chi connectivity index (χ3n) is 4.60. The summed E-state index contributed by atoms with van der Waals surface area (Å²) in [7, 11) is 1.58. The molecule has 0 radical (unpaired) electrons. The Bertz CT molecular complexity index is 1220. The molecule has 0 saturated heterocycles. The fourth-order valence-electron chi connectivity index (χ4n) is 3.30. The SMILES string of the molecule is COCc1c(C(=O)NC(C)(C)C)nn(-c2ccc(C#CCN)cc2Cl)c1-c1ccc(Cl)cc1. The summed E-state index contributed by atoms with van der Waals surface area (Å²) in [5.74, 6) is 5.48. The zero-order valence-electron chi connectivity index (χ0n) is 19.0. The maximum Gasteiger partial charge on any atom is 0.272 e. The zero-order valence-corrected chi connectivity index (χ0v) is 20.5. The number of carbonyl (C=O) groups is 1. The lowest BCUT2D eigenvalue weighted by Gasteiger charge is -2.20. The minimum absolute atomic E-state index is 0.183. The van der Waals surface area contributed by atoms with Crippen LogP contribution in [0.4, 0.5) is 0 Å². The number of rotatable bonds is 5. The van der Waals surface area contributed by atoms with Gasteiger partial charge in [0.2, 0.25) is 0 Å². The molecule has 8 heteroatoms. The van der Waals surface area contributed by atoms with Crippen LogP contribution in [0.15, 0.2) is 42.5 Å². The maximum atomic E-state index is 13.2. The van der Waals surface area contributed by atoms with Crippen molar-refractivity contribution in [3.05, 3.63) is 69.3 Å². The molecule has 172 valence electrons. The number of hydrogen-bond donors (Lipinski definition) is 2. The van der Waals surface area contributed by atoms with E-state index in [4.69, 9.17) is 33.7 Å². The normalized spacial score (nSPS) is 11.1. The third-order valence-corrected chi connectivity index (χ3v) is 5.16. The van der Waals surface area contributed by atoms with E-state index in [0.29, 0.717) is 27.0 Å². The van der Waals surface area contributed by atoms with Crippen LogP contribution in [0, 0.1) is 11.8 Å². The van der Waals surface area contributed by atoms with Crippen LogP contribution in [0.2, 0.25) is 10.0 Å². The number of nitrogens with zero attached hydrogens (tertiary/aromatic N) is 2. The first-order valence-electron chi connectivity index (χ1n) is 10.3. The second-order valence-electron chi connectivity index (χ2n) is 8.40. The number of amides is 1. The van der Waals surface area contributed by atoms with Crippen molar-refractivity contribution < 1.29 is 9.53 Å². The molecule has 0 spiro atoms. The molecule has 3 rings (SSSR count). The summed E-state index contributed by atoms with van der Waals surface area (Å²) in [6, 6.07) is 12.7. The Labute approximate surface area is 204 Å². The fraction of sp³-hybridized carbons (Fsp3) is 0.280. The highest BCUT2D eigenvalue weighted by molar-refractivity contribution is 6.32. The Balaban J connectivity index is 2.27. The predicted octanol–water partition coefficient (Wildman–Crippen LogP) is 4.83. The first-order valence-corrected chi connectivity index (χ1v) is 11.1. The van der Waals surface area contributed by atoms with Gasteiger partial charge in [0.25, 0.3) is 5.91 Å². The molecule has 0 atom stereocenters. The van der Waals surface area contributed by atoms with Gasteiger partial charge in [-0.3, -0.25) is 4.79 Å². The van der Waals surface area contributed by atoms with E-state index < -0.39 is 5.54 Å². The number of benzene rings is 2. The van der Waals surface area contributed by atoms with E-state index in [1.54, 1.807) is 30.0 Å². The number of nitrogens with two attached hydrogens (primary N) is 1. The van der Waals surface area contributed by atoms with Gasteiger partial charge in [-0.25, -0.2) is 4.68 Å². The van der Waals surface area contributed by atoms with E-state index in [0.717, 1.165) is 11.1 Å². The quantitative estimate of drug-likeness (QED) is 0.508. The van der Waals surface area contributed by atoms with Crippen molar-refractivity contribution in [2.45, 2.75) is 32.9 Å². The lowest BCUT2D eigenvalue weighted by Crippen LogP contribution is -2.41. The molecule has 0 unspecified atom stereocenters. The summed E-state index contributed by atoms with van der Waals surface area (Å²) >= 11 is 12.8. The summed E-state index contributed by atoms with van der Waals surface area (Å²) in [5, 5.41) is 8.70. The molecule has 0 aliphatic heterocycles. The summed E-state index contributed by atoms with van der Waals surface area (Å²) in [6.07, 6.45) is 0. The summed E-state index contributed by atoms with van der Waals surface area (Å²) < 4.78 is 7.12. The maximum absolute atomic E-state index is 13.2. The van der Waals surface area contributed by atoms with E-state index in [1.165, 1.54) is 0 Å². The summed E-state index contributed by atoms with van der Waals surface area (Å²) in [6.45, 7) is 6.18. The van der Waals surface area contributed by atoms with Gasteiger partial charge < -0.3 is 15.8 Å². The van der Waals surface area contributed by atoms with Gasteiger partial charge in [0.1, 0.15) is 0 Å². The molecule has 0 aliphatic carbocycles. The van der Waals surface area contributed by atoms with Gasteiger partial charge in [0.05, 0.1) is 29.6 Å². The molecule has 33 heavy (non-hydrogen) atoms. The average molecular weight is 485 g/mol. The predicted molar refractivity (Wildman–Crippen MR) is 133 cm³/mol. The van der Waals surface area contributed by atoms with Gasteiger partial charge in [-0.05, 0) is 51.1 Å². The van der Waals surface area contributed by atoms with E-state index in [1.807, 2.05) is 45.0 Å². The van der Waals surface area contributed by atoms with Crippen molar-refractivity contribution in [1.29, 1.82) is 0 Å². The van der Waals surface area contributed by atoms with Crippen molar-refractivity contribution in [2.75, 3.05) is 13.7 Å². The Hall–Kier alpha value is -2.82. The van der Waals surface area contributed by atoms with Crippen LogP contribution in [0.1, 0.15) is 42.4 Å². The fourth-order valence-corrected chi connectivity index (χ4v) is 3.69. The largest absolute Gasteiger partial charge is 0.380 e. The van der Waals surface area contributed by atoms with Crippen molar-refractivity contribution >= 4 is 29.1 Å². The Morgan fingerprint density at radius 3 is 2.45 bits per heavy atom. The average Bonchev–Trinajstić information content (AvgIpc) is 3.11. The molecule has 3 aromatic rings. The minimum atomic E-state index is -0.438. The molecular weight excluding hydrogens is 459 g/mol. The third kappa shape index (κ3) is 5.95. The van der Waals surface area contributed by atoms with Crippen LogP contribution in [0.5, 0.6) is 0 Å². The van der Waals surface area contributed by atoms with Gasteiger partial charge >= 0.3 is 0 Å². The first-order chi connectivity index (χ1) is 15.6. The molecule has 2 aromatic carbocycles. The zero-order chi connectivity index (χ0) is 24.2. The highest BCUT2D eigenvalue weighted by Crippen LogP contribution is 2.33. The minimum Gasteiger partial charge on any atom is -0.380 e. The molecule has 6 nitrogen and oxygen atoms in total. The molecule has 1 aromatic heterocycles. The van der Waals surface area contributed by atoms with E-state index in [-0.39, 0.29) is 24.8 Å². The van der Waals surface area contributed by atoms with Crippen molar-refractivity contribution in [3.8, 4) is 28.8 Å². The lowest BCUT2D eigenvalue weighted by molar-refractivity contribution is 0.0909. The van der Waals surface area contributed by atoms with Gasteiger partial charge in [-0.15, -0.1) is 0 Å². The van der Waals surface area contributed by atoms with E-state index in [9.17, 15) is 4.79 Å². The molecule has 1 amide bonds. The van der Waals surface area contributed by atoms with Gasteiger partial charge in [-0.2, -0.15) is 5.10 Å². The van der Waals surface area contributed by atoms with Crippen LogP contribution < -0.4 is 11.1 Å². The second-order valence-corrected chi connectivity index (χ2v) is 9.25.